The quantitative estimate of drug-likeness (QED) is 0.297. The molecule has 1 aliphatic heterocycles. The zero-order valence-corrected chi connectivity index (χ0v) is 30.6. The van der Waals surface area contributed by atoms with Gasteiger partial charge in [-0.2, -0.15) is 4.98 Å². The third-order valence-electron chi connectivity index (χ3n) is 8.77. The van der Waals surface area contributed by atoms with Crippen molar-refractivity contribution in [1.29, 1.82) is 0 Å². The topological polar surface area (TPSA) is 140 Å². The van der Waals surface area contributed by atoms with Gasteiger partial charge in [0.15, 0.2) is 0 Å². The zero-order chi connectivity index (χ0) is 35.7. The molecule has 1 atom stereocenters. The molecule has 1 aromatic heterocycles. The first-order valence-corrected chi connectivity index (χ1v) is 18.4. The number of aromatic nitrogens is 2. The molecule has 1 aliphatic carbocycles. The van der Waals surface area contributed by atoms with Crippen molar-refractivity contribution in [3.63, 3.8) is 0 Å². The number of rotatable bonds is 4. The Balaban J connectivity index is 1.55. The van der Waals surface area contributed by atoms with Crippen LogP contribution in [0.4, 0.5) is 10.7 Å². The van der Waals surface area contributed by atoms with E-state index in [4.69, 9.17) is 9.47 Å². The molecule has 0 unspecified atom stereocenters. The van der Waals surface area contributed by atoms with E-state index >= 15 is 0 Å². The number of ether oxygens (including phenoxy) is 2. The van der Waals surface area contributed by atoms with Crippen LogP contribution >= 0.6 is 0 Å². The summed E-state index contributed by atoms with van der Waals surface area (Å²) in [6.07, 6.45) is 2.76. The highest BCUT2D eigenvalue weighted by Crippen LogP contribution is 2.34. The van der Waals surface area contributed by atoms with Gasteiger partial charge in [0, 0.05) is 29.3 Å². The molecule has 2 N–H and O–H groups in total. The predicted molar refractivity (Wildman–Crippen MR) is 189 cm³/mol. The van der Waals surface area contributed by atoms with E-state index in [9.17, 15) is 18.0 Å². The Hall–Kier alpha value is -4.19. The number of hydrogen-bond donors (Lipinski definition) is 2. The molecule has 0 saturated heterocycles. The number of anilines is 1. The van der Waals surface area contributed by atoms with Gasteiger partial charge in [-0.1, -0.05) is 45.0 Å². The number of nitrogens with one attached hydrogen (secondary N) is 2. The number of hydrogen-bond acceptors (Lipinski definition) is 8. The van der Waals surface area contributed by atoms with Crippen molar-refractivity contribution in [2.75, 3.05) is 11.3 Å². The monoisotopic (exact) mass is 691 g/mol. The summed E-state index contributed by atoms with van der Waals surface area (Å²) < 4.78 is 41.8. The highest BCUT2D eigenvalue weighted by molar-refractivity contribution is 7.92. The largest absolute Gasteiger partial charge is 0.475 e. The van der Waals surface area contributed by atoms with Crippen LogP contribution in [0.5, 0.6) is 5.88 Å². The Kier molecular flexibility index (Phi) is 10.3. The molecule has 49 heavy (non-hydrogen) atoms. The SMILES string of the molecule is Cc1cccc(C)c1-c1cc2nc(n1)NS(=O)(=O)c1cccc(c1)C(=O)N([C@H]1CC[C@@H](NC(=O)OC(C)(C)C)CC1)[C@H](CC(C)(C)C)CO2. The second-order valence-corrected chi connectivity index (χ2v) is 17.1. The van der Waals surface area contributed by atoms with Gasteiger partial charge in [0.2, 0.25) is 11.8 Å². The van der Waals surface area contributed by atoms with E-state index in [1.165, 1.54) is 12.1 Å². The third kappa shape index (κ3) is 9.09. The number of nitrogens with zero attached hydrogens (tertiary/aromatic N) is 3. The standard InChI is InChI=1S/C37H49N5O6S/c1-23-11-9-12-24(2)32(23)30-20-31-40-34(39-30)41-49(45,46)29-14-10-13-25(19-29)33(43)42(28(22-47-31)21-36(3,4)5)27-17-15-26(16-18-27)38-35(44)48-37(6,7)8/h9-14,19-20,26-28H,15-18,21-22H2,1-8H3,(H,38,44)(H,39,40,41)/t26-,27+,28-/m1/s1. The number of sulfonamides is 1. The van der Waals surface area contributed by atoms with Crippen molar-refractivity contribution >= 4 is 28.0 Å². The van der Waals surface area contributed by atoms with Gasteiger partial charge in [0.25, 0.3) is 15.9 Å². The van der Waals surface area contributed by atoms with Crippen molar-refractivity contribution in [2.45, 2.75) is 116 Å². The minimum Gasteiger partial charge on any atom is -0.475 e. The molecule has 3 aromatic rings. The van der Waals surface area contributed by atoms with Gasteiger partial charge < -0.3 is 19.7 Å². The van der Waals surface area contributed by atoms with Crippen LogP contribution in [-0.2, 0) is 14.8 Å². The number of fused-ring (bicyclic) bond motifs is 4. The first-order valence-electron chi connectivity index (χ1n) is 16.9. The maximum absolute atomic E-state index is 14.6. The molecule has 11 nitrogen and oxygen atoms in total. The number of benzene rings is 2. The van der Waals surface area contributed by atoms with Gasteiger partial charge in [-0.15, -0.1) is 0 Å². The highest BCUT2D eigenvalue weighted by atomic mass is 32.2. The van der Waals surface area contributed by atoms with E-state index < -0.39 is 21.7 Å². The summed E-state index contributed by atoms with van der Waals surface area (Å²) in [6.45, 7) is 15.9. The molecule has 2 aromatic carbocycles. The Morgan fingerprint density at radius 1 is 0.980 bits per heavy atom. The average Bonchev–Trinajstić information content (AvgIpc) is 2.98. The van der Waals surface area contributed by atoms with E-state index in [0.717, 1.165) is 16.7 Å². The summed E-state index contributed by atoms with van der Waals surface area (Å²) in [5.74, 6) is -0.189. The van der Waals surface area contributed by atoms with Crippen LogP contribution < -0.4 is 14.8 Å². The van der Waals surface area contributed by atoms with Gasteiger partial charge in [-0.25, -0.2) is 22.9 Å². The summed E-state index contributed by atoms with van der Waals surface area (Å²) in [5, 5.41) is 2.99. The van der Waals surface area contributed by atoms with Crippen LogP contribution in [0.2, 0.25) is 0 Å². The van der Waals surface area contributed by atoms with E-state index in [0.29, 0.717) is 37.8 Å². The van der Waals surface area contributed by atoms with Gasteiger partial charge in [-0.05, 0) is 101 Å². The Morgan fingerprint density at radius 2 is 1.63 bits per heavy atom. The predicted octanol–water partition coefficient (Wildman–Crippen LogP) is 7.04. The lowest BCUT2D eigenvalue weighted by Crippen LogP contribution is -2.53. The van der Waals surface area contributed by atoms with Crippen LogP contribution in [0.3, 0.4) is 0 Å². The van der Waals surface area contributed by atoms with Gasteiger partial charge >= 0.3 is 6.09 Å². The molecule has 0 spiro atoms. The second-order valence-electron chi connectivity index (χ2n) is 15.4. The smallest absolute Gasteiger partial charge is 0.407 e. The summed E-state index contributed by atoms with van der Waals surface area (Å²) in [4.78, 5) is 38.0. The summed E-state index contributed by atoms with van der Waals surface area (Å²) in [5.41, 5.74) is 2.82. The second kappa shape index (κ2) is 14.0. The number of carbonyl (C=O) groups excluding carboxylic acids is 2. The fraction of sp³-hybridized carbons (Fsp3) is 0.514. The molecule has 4 bridgehead atoms. The minimum atomic E-state index is -4.17. The van der Waals surface area contributed by atoms with E-state index in [1.807, 2.05) is 57.7 Å². The van der Waals surface area contributed by atoms with Crippen molar-refractivity contribution in [3.8, 4) is 17.1 Å². The van der Waals surface area contributed by atoms with E-state index in [-0.39, 0.29) is 58.3 Å². The molecular weight excluding hydrogens is 643 g/mol. The third-order valence-corrected chi connectivity index (χ3v) is 10.1. The van der Waals surface area contributed by atoms with Gasteiger partial charge in [-0.3, -0.25) is 4.79 Å². The first kappa shape index (κ1) is 36.1. The molecule has 1 fully saturated rings. The molecule has 0 radical (unpaired) electrons. The lowest BCUT2D eigenvalue weighted by atomic mass is 9.84. The molecule has 2 aliphatic rings. The molecule has 264 valence electrons. The van der Waals surface area contributed by atoms with Crippen LogP contribution in [0.25, 0.3) is 11.3 Å². The van der Waals surface area contributed by atoms with Crippen LogP contribution in [0.1, 0.15) is 95.1 Å². The van der Waals surface area contributed by atoms with Crippen molar-refractivity contribution < 1.29 is 27.5 Å². The highest BCUT2D eigenvalue weighted by Gasteiger charge is 2.38. The maximum Gasteiger partial charge on any atom is 0.407 e. The van der Waals surface area contributed by atoms with Crippen molar-refractivity contribution in [1.82, 2.24) is 20.2 Å². The van der Waals surface area contributed by atoms with Gasteiger partial charge in [0.1, 0.15) is 12.2 Å². The molecular formula is C37H49N5O6S. The molecule has 5 rings (SSSR count). The maximum atomic E-state index is 14.6. The molecule has 12 heteroatoms. The number of alkyl carbamates (subject to hydrolysis) is 1. The summed E-state index contributed by atoms with van der Waals surface area (Å²) in [7, 11) is -4.17. The number of amides is 2. The fourth-order valence-electron chi connectivity index (χ4n) is 6.74. The molecule has 2 amide bonds. The van der Waals surface area contributed by atoms with Crippen LogP contribution in [0, 0.1) is 19.3 Å². The minimum absolute atomic E-state index is 0.0706. The van der Waals surface area contributed by atoms with E-state index in [1.54, 1.807) is 18.2 Å². The Bertz CT molecular complexity index is 1790. The lowest BCUT2D eigenvalue weighted by molar-refractivity contribution is 0.0279. The Morgan fingerprint density at radius 3 is 2.27 bits per heavy atom. The van der Waals surface area contributed by atoms with Crippen molar-refractivity contribution in [2.24, 2.45) is 5.41 Å². The lowest BCUT2D eigenvalue weighted by Gasteiger charge is -2.43. The van der Waals surface area contributed by atoms with E-state index in [2.05, 4.69) is 40.8 Å². The zero-order valence-electron chi connectivity index (χ0n) is 29.8. The molecule has 2 heterocycles. The summed E-state index contributed by atoms with van der Waals surface area (Å²) >= 11 is 0. The summed E-state index contributed by atoms with van der Waals surface area (Å²) in [6, 6.07) is 13.1. The first-order chi connectivity index (χ1) is 22.9. The fourth-order valence-corrected chi connectivity index (χ4v) is 7.73. The normalized spacial score (nSPS) is 21.3. The number of carbonyl (C=O) groups is 2. The van der Waals surface area contributed by atoms with Crippen molar-refractivity contribution in [3.05, 3.63) is 65.2 Å². The van der Waals surface area contributed by atoms with Crippen LogP contribution in [0.15, 0.2) is 53.4 Å². The van der Waals surface area contributed by atoms with Gasteiger partial charge in [0.05, 0.1) is 16.6 Å². The number of aryl methyl sites for hydroxylation is 2. The average molecular weight is 692 g/mol. The van der Waals surface area contributed by atoms with Crippen LogP contribution in [-0.4, -0.2) is 65.6 Å². The Labute approximate surface area is 290 Å². The molecule has 1 saturated carbocycles.